The van der Waals surface area contributed by atoms with Crippen molar-refractivity contribution in [1.29, 1.82) is 5.26 Å². The molecule has 0 aliphatic carbocycles. The van der Waals surface area contributed by atoms with E-state index in [0.717, 1.165) is 30.8 Å². The van der Waals surface area contributed by atoms with Gasteiger partial charge in [-0.3, -0.25) is 0 Å². The number of nitriles is 1. The van der Waals surface area contributed by atoms with E-state index in [1.54, 1.807) is 0 Å². The molecule has 2 nitrogen and oxygen atoms in total. The van der Waals surface area contributed by atoms with Crippen LogP contribution >= 0.6 is 11.6 Å². The number of rotatable bonds is 6. The second kappa shape index (κ2) is 7.79. The smallest absolute Gasteiger partial charge is 0.119 e. The number of unbranched alkanes of at least 4 members (excludes halogenated alkanes) is 1. The number of nitrogens with zero attached hydrogens (tertiary/aromatic N) is 1. The molecule has 0 spiro atoms. The highest BCUT2D eigenvalue weighted by Gasteiger charge is 2.05. The van der Waals surface area contributed by atoms with Crippen LogP contribution in [0, 0.1) is 11.3 Å². The molecule has 0 aliphatic rings. The maximum Gasteiger partial charge on any atom is 0.119 e. The molecule has 0 heterocycles. The fraction of sp³-hybridized carbons (Fsp3) is 0.400. The molecule has 1 aromatic carbocycles. The van der Waals surface area contributed by atoms with Crippen LogP contribution in [0.25, 0.3) is 5.03 Å². The van der Waals surface area contributed by atoms with Gasteiger partial charge in [0.2, 0.25) is 0 Å². The predicted octanol–water partition coefficient (Wildman–Crippen LogP) is 4.75. The van der Waals surface area contributed by atoms with Crippen molar-refractivity contribution in [2.75, 3.05) is 6.61 Å². The van der Waals surface area contributed by atoms with Crippen molar-refractivity contribution in [2.24, 2.45) is 0 Å². The molecule has 0 saturated heterocycles. The van der Waals surface area contributed by atoms with Crippen molar-refractivity contribution in [1.82, 2.24) is 0 Å². The molecule has 1 aromatic rings. The number of hydrogen-bond acceptors (Lipinski definition) is 2. The van der Waals surface area contributed by atoms with Crippen molar-refractivity contribution >= 4 is 16.6 Å². The third-order valence-corrected chi connectivity index (χ3v) is 3.07. The molecule has 0 aromatic heterocycles. The number of halogens is 1. The van der Waals surface area contributed by atoms with E-state index in [9.17, 15) is 0 Å². The quantitative estimate of drug-likeness (QED) is 0.548. The fourth-order valence-electron chi connectivity index (χ4n) is 1.49. The van der Waals surface area contributed by atoms with Crippen molar-refractivity contribution in [2.45, 2.75) is 33.1 Å². The highest BCUT2D eigenvalue weighted by atomic mass is 35.5. The minimum Gasteiger partial charge on any atom is -0.494 e. The topological polar surface area (TPSA) is 33.0 Å². The minimum absolute atomic E-state index is 0.528. The highest BCUT2D eigenvalue weighted by Crippen LogP contribution is 2.26. The third-order valence-electron chi connectivity index (χ3n) is 2.63. The largest absolute Gasteiger partial charge is 0.494 e. The summed E-state index contributed by atoms with van der Waals surface area (Å²) in [4.78, 5) is 0. The molecule has 0 atom stereocenters. The van der Waals surface area contributed by atoms with E-state index in [1.807, 2.05) is 31.2 Å². The van der Waals surface area contributed by atoms with Crippen LogP contribution in [0.2, 0.25) is 0 Å². The van der Waals surface area contributed by atoms with E-state index in [2.05, 4.69) is 13.0 Å². The zero-order valence-corrected chi connectivity index (χ0v) is 11.6. The first-order chi connectivity index (χ1) is 8.72. The predicted molar refractivity (Wildman–Crippen MR) is 75.5 cm³/mol. The molecular formula is C15H18ClNO. The molecule has 0 bridgehead atoms. The lowest BCUT2D eigenvalue weighted by Gasteiger charge is -2.07. The Morgan fingerprint density at radius 1 is 1.28 bits per heavy atom. The van der Waals surface area contributed by atoms with Gasteiger partial charge in [0.05, 0.1) is 17.7 Å². The standard InChI is InChI=1S/C15H18ClNO/c1-3-5-10-18-14-8-6-13(7-9-14)15(16)12(4-2)11-17/h6-9H,3-5,10H2,1-2H3. The normalized spacial score (nSPS) is 11.7. The van der Waals surface area contributed by atoms with Gasteiger partial charge in [-0.2, -0.15) is 5.26 Å². The average Bonchev–Trinajstić information content (AvgIpc) is 2.41. The number of hydrogen-bond donors (Lipinski definition) is 0. The first kappa shape index (κ1) is 14.6. The summed E-state index contributed by atoms with van der Waals surface area (Å²) in [6, 6.07) is 9.67. The number of ether oxygens (including phenoxy) is 1. The van der Waals surface area contributed by atoms with Crippen molar-refractivity contribution in [3.8, 4) is 11.8 Å². The van der Waals surface area contributed by atoms with Gasteiger partial charge in [0.25, 0.3) is 0 Å². The summed E-state index contributed by atoms with van der Waals surface area (Å²) in [5.74, 6) is 0.840. The molecule has 0 amide bonds. The highest BCUT2D eigenvalue weighted by molar-refractivity contribution is 6.49. The summed E-state index contributed by atoms with van der Waals surface area (Å²) < 4.78 is 5.57. The molecule has 3 heteroatoms. The fourth-order valence-corrected chi connectivity index (χ4v) is 1.79. The Balaban J connectivity index is 2.77. The lowest BCUT2D eigenvalue weighted by molar-refractivity contribution is 0.309. The molecule has 0 aliphatic heterocycles. The number of allylic oxidation sites excluding steroid dienone is 1. The summed E-state index contributed by atoms with van der Waals surface area (Å²) in [6.45, 7) is 4.78. The van der Waals surface area contributed by atoms with Crippen LogP contribution in [0.4, 0.5) is 0 Å². The summed E-state index contributed by atoms with van der Waals surface area (Å²) in [6.07, 6.45) is 2.82. The lowest BCUT2D eigenvalue weighted by Crippen LogP contribution is -1.96. The van der Waals surface area contributed by atoms with Gasteiger partial charge in [-0.05, 0) is 42.7 Å². The molecule has 0 fully saturated rings. The van der Waals surface area contributed by atoms with E-state index in [-0.39, 0.29) is 0 Å². The van der Waals surface area contributed by atoms with Gasteiger partial charge in [0.15, 0.2) is 0 Å². The van der Waals surface area contributed by atoms with Gasteiger partial charge in [0.1, 0.15) is 5.75 Å². The second-order valence-corrected chi connectivity index (χ2v) is 4.36. The van der Waals surface area contributed by atoms with Crippen molar-refractivity contribution in [3.05, 3.63) is 35.4 Å². The van der Waals surface area contributed by atoms with Crippen LogP contribution in [0.3, 0.4) is 0 Å². The second-order valence-electron chi connectivity index (χ2n) is 3.98. The molecule has 96 valence electrons. The lowest BCUT2D eigenvalue weighted by atomic mass is 10.1. The van der Waals surface area contributed by atoms with Crippen LogP contribution in [-0.2, 0) is 0 Å². The van der Waals surface area contributed by atoms with Crippen LogP contribution < -0.4 is 4.74 Å². The van der Waals surface area contributed by atoms with Crippen LogP contribution in [0.15, 0.2) is 29.8 Å². The van der Waals surface area contributed by atoms with Crippen LogP contribution in [0.1, 0.15) is 38.7 Å². The average molecular weight is 264 g/mol. The van der Waals surface area contributed by atoms with Crippen molar-refractivity contribution < 1.29 is 4.74 Å². The summed E-state index contributed by atoms with van der Waals surface area (Å²) in [5.41, 5.74) is 1.47. The molecule has 18 heavy (non-hydrogen) atoms. The maximum absolute atomic E-state index is 8.94. The molecule has 0 saturated carbocycles. The Hall–Kier alpha value is -1.46. The minimum atomic E-state index is 0.528. The van der Waals surface area contributed by atoms with Gasteiger partial charge in [-0.15, -0.1) is 0 Å². The zero-order valence-electron chi connectivity index (χ0n) is 10.9. The van der Waals surface area contributed by atoms with Gasteiger partial charge in [-0.1, -0.05) is 31.9 Å². The Morgan fingerprint density at radius 2 is 1.94 bits per heavy atom. The molecule has 0 unspecified atom stereocenters. The summed E-state index contributed by atoms with van der Waals surface area (Å²) >= 11 is 6.17. The Kier molecular flexibility index (Phi) is 6.32. The first-order valence-electron chi connectivity index (χ1n) is 6.24. The summed E-state index contributed by atoms with van der Waals surface area (Å²) in [7, 11) is 0. The zero-order chi connectivity index (χ0) is 13.4. The van der Waals surface area contributed by atoms with Crippen LogP contribution in [-0.4, -0.2) is 6.61 Å². The van der Waals surface area contributed by atoms with Gasteiger partial charge < -0.3 is 4.74 Å². The molecular weight excluding hydrogens is 246 g/mol. The van der Waals surface area contributed by atoms with Crippen LogP contribution in [0.5, 0.6) is 5.75 Å². The Bertz CT molecular complexity index is 443. The van der Waals surface area contributed by atoms with E-state index in [4.69, 9.17) is 21.6 Å². The van der Waals surface area contributed by atoms with Gasteiger partial charge in [-0.25, -0.2) is 0 Å². The maximum atomic E-state index is 8.94. The Morgan fingerprint density at radius 3 is 2.44 bits per heavy atom. The number of benzene rings is 1. The van der Waals surface area contributed by atoms with E-state index in [1.165, 1.54) is 0 Å². The van der Waals surface area contributed by atoms with E-state index >= 15 is 0 Å². The summed E-state index contributed by atoms with van der Waals surface area (Å²) in [5, 5.41) is 9.47. The van der Waals surface area contributed by atoms with Crippen molar-refractivity contribution in [3.63, 3.8) is 0 Å². The van der Waals surface area contributed by atoms with Gasteiger partial charge >= 0.3 is 0 Å². The molecule has 1 rings (SSSR count). The first-order valence-corrected chi connectivity index (χ1v) is 6.62. The van der Waals surface area contributed by atoms with E-state index in [0.29, 0.717) is 17.0 Å². The monoisotopic (exact) mass is 263 g/mol. The molecule has 0 N–H and O–H groups in total. The molecule has 0 radical (unpaired) electrons. The third kappa shape index (κ3) is 4.09. The SMILES string of the molecule is CCCCOc1ccc(C(Cl)=C(C#N)CC)cc1. The van der Waals surface area contributed by atoms with E-state index < -0.39 is 0 Å². The van der Waals surface area contributed by atoms with Gasteiger partial charge in [0, 0.05) is 5.57 Å². The Labute approximate surface area is 114 Å².